The van der Waals surface area contributed by atoms with Crippen LogP contribution in [0.15, 0.2) is 12.7 Å². The van der Waals surface area contributed by atoms with Crippen LogP contribution in [0.2, 0.25) is 0 Å². The molecule has 5 fully saturated rings. The van der Waals surface area contributed by atoms with Crippen molar-refractivity contribution in [1.82, 2.24) is 51.0 Å². The van der Waals surface area contributed by atoms with Gasteiger partial charge in [-0.15, -0.1) is 0 Å². The number of likely N-dealkylation sites (tertiary alicyclic amines) is 1. The average Bonchev–Trinajstić information content (AvgIpc) is 1.63. The first-order valence-electron chi connectivity index (χ1n) is 47.5. The Bertz CT molecular complexity index is 3990. The number of β-amino-alcohol motifs (C(OH)–C–C–N with tert-alkyl or cyclic N) is 1. The lowest BCUT2D eigenvalue weighted by Gasteiger charge is -2.42. The highest BCUT2D eigenvalue weighted by molar-refractivity contribution is 7.52. The van der Waals surface area contributed by atoms with Gasteiger partial charge in [-0.2, -0.15) is 0 Å². The quantitative estimate of drug-likeness (QED) is 0.0196. The molecule has 0 aliphatic carbocycles. The number of amides is 6. The van der Waals surface area contributed by atoms with Crippen LogP contribution in [0.25, 0.3) is 11.2 Å². The number of Topliss-reactive ketones (excluding diaryl/α,β-unsaturated/α-hetero) is 5. The predicted octanol–water partition coefficient (Wildman–Crippen LogP) is -1.88. The highest BCUT2D eigenvalue weighted by Gasteiger charge is 2.50. The first-order chi connectivity index (χ1) is 65.7. The third kappa shape index (κ3) is 40.1. The molecular weight excluding hydrogens is 1870 g/mol. The fourth-order valence-corrected chi connectivity index (χ4v) is 17.9. The first-order valence-corrected chi connectivity index (χ1v) is 50.5. The molecule has 0 aromatic carbocycles. The van der Waals surface area contributed by atoms with Gasteiger partial charge < -0.3 is 158 Å². The lowest BCUT2D eigenvalue weighted by atomic mass is 9.97. The van der Waals surface area contributed by atoms with Crippen molar-refractivity contribution in [2.75, 3.05) is 106 Å². The average molecular weight is 2010 g/mol. The van der Waals surface area contributed by atoms with Gasteiger partial charge in [0.25, 0.3) is 7.82 Å². The monoisotopic (exact) mass is 2010 g/mol. The number of fused-ring (bicyclic) bond motifs is 1. The van der Waals surface area contributed by atoms with E-state index < -0.39 is 250 Å². The number of imidazole rings is 1. The van der Waals surface area contributed by atoms with E-state index in [-0.39, 0.29) is 159 Å². The summed E-state index contributed by atoms with van der Waals surface area (Å²) in [6, 6.07) is -4.56. The van der Waals surface area contributed by atoms with Gasteiger partial charge >= 0.3 is 0 Å². The standard InChI is InChI=1S/C88H146N10O38P2/c1-53(2)137(120,121)130-47-69-65(40-73(132-69)98-52-92-74-54(3)90-51-91-84(74)98)136-138(122,123)131-46-58-39-64(110)42-97(58)72(113)41-71(112)96-88(48-124-36-29-62(108)23-11-7-9-21-59(105)26-14-18-33-127-85-75(93-55(4)102)81(117)78(114)66(43-99)133-85,49-125-37-30-63(109)24-12-8-10-22-60(106)27-15-19-34-128-86-76(94-56(5)103)82(118)79(115)67(44-100)134-86)50-126-38-31-70(111)89-32-17-13-25-61(107)28-16-20-35-129-87-77(95-57(6)104)83(119)80(116)68(45-101)135-87/h51-53,58,64-69,73,75-83,85-87,99-101,110,114-119H,7-50H2,1-6H3,(H,89,111)(H,93,102)(H,94,103)(H,95,104)(H,96,112)(H,120,121)(H,122,123)/p-2/t58-,64+,65+,66?,67?,68?,69-,73-,75+,76+,77+,78+,79+,80+,81?,82?,83?,85-,86-,87-,88?/m1/s1. The maximum Gasteiger partial charge on any atom is 0.268 e. The van der Waals surface area contributed by atoms with E-state index in [0.29, 0.717) is 107 Å². The Morgan fingerprint density at radius 2 is 0.906 bits per heavy atom. The van der Waals surface area contributed by atoms with E-state index in [9.17, 15) is 123 Å². The van der Waals surface area contributed by atoms with Gasteiger partial charge in [-0.05, 0) is 90.4 Å². The Hall–Kier alpha value is -6.82. The van der Waals surface area contributed by atoms with Crippen molar-refractivity contribution in [2.45, 2.75) is 355 Å². The Morgan fingerprint density at radius 1 is 0.493 bits per heavy atom. The summed E-state index contributed by atoms with van der Waals surface area (Å²) < 4.78 is 103. The summed E-state index contributed by atoms with van der Waals surface area (Å²) in [5, 5.41) is 116. The summed E-state index contributed by atoms with van der Waals surface area (Å²) in [6.45, 7) is 2.55. The fourth-order valence-electron chi connectivity index (χ4n) is 16.3. The molecule has 0 spiro atoms. The second-order valence-electron chi connectivity index (χ2n) is 35.9. The molecule has 138 heavy (non-hydrogen) atoms. The molecule has 7 heterocycles. The van der Waals surface area contributed by atoms with E-state index >= 15 is 0 Å². The number of nitrogens with zero attached hydrogens (tertiary/aromatic N) is 5. The van der Waals surface area contributed by atoms with Crippen LogP contribution in [-0.4, -0.2) is 373 Å². The number of aliphatic hydroxyl groups excluding tert-OH is 10. The van der Waals surface area contributed by atoms with E-state index in [1.54, 1.807) is 6.92 Å². The number of ether oxygens (including phenoxy) is 10. The van der Waals surface area contributed by atoms with Gasteiger partial charge in [0.2, 0.25) is 35.4 Å². The minimum absolute atomic E-state index is 0.0363. The predicted molar refractivity (Wildman–Crippen MR) is 477 cm³/mol. The van der Waals surface area contributed by atoms with E-state index in [4.69, 9.17) is 60.9 Å². The Morgan fingerprint density at radius 3 is 1.33 bits per heavy atom. The van der Waals surface area contributed by atoms with E-state index in [0.717, 1.165) is 4.90 Å². The zero-order valence-electron chi connectivity index (χ0n) is 79.4. The number of rotatable bonds is 69. The first kappa shape index (κ1) is 118. The summed E-state index contributed by atoms with van der Waals surface area (Å²) >= 11 is 0. The number of hydrogen-bond donors (Lipinski definition) is 15. The molecule has 2 aromatic rings. The van der Waals surface area contributed by atoms with Crippen LogP contribution in [0, 0.1) is 6.92 Å². The number of carbonyl (C=O) groups excluding carboxylic acids is 11. The van der Waals surface area contributed by atoms with Gasteiger partial charge in [0.1, 0.15) is 146 Å². The summed E-state index contributed by atoms with van der Waals surface area (Å²) in [4.78, 5) is 184. The number of aliphatic hydroxyl groups is 10. The molecule has 6 amide bonds. The number of ketones is 5. The molecule has 0 saturated carbocycles. The summed E-state index contributed by atoms with van der Waals surface area (Å²) in [5.41, 5.74) is -1.50. The Kier molecular flexibility index (Phi) is 52.0. The van der Waals surface area contributed by atoms with Crippen molar-refractivity contribution >= 4 is 90.9 Å². The zero-order chi connectivity index (χ0) is 101. The fraction of sp³-hybridized carbons (Fsp3) is 0.818. The molecular formula is C88H144N10O38P2-2. The van der Waals surface area contributed by atoms with E-state index in [1.807, 2.05) is 0 Å². The summed E-state index contributed by atoms with van der Waals surface area (Å²) in [7, 11) is -9.95. The number of aryl methyl sites for hydroxylation is 1. The molecule has 0 bridgehead atoms. The van der Waals surface area contributed by atoms with Gasteiger partial charge in [0.15, 0.2) is 24.5 Å². The molecule has 15 N–H and O–H groups in total. The number of hydrogen-bond acceptors (Lipinski definition) is 41. The minimum Gasteiger partial charge on any atom is -0.778 e. The van der Waals surface area contributed by atoms with Crippen LogP contribution in [-0.2, 0) is 123 Å². The molecule has 48 nitrogen and oxygen atoms in total. The lowest BCUT2D eigenvalue weighted by Crippen LogP contribution is -2.64. The topological polar surface area (TPSA) is 697 Å². The Labute approximate surface area is 801 Å². The maximum atomic E-state index is 14.6. The number of unbranched alkanes of at least 4 members (excludes halogenated alkanes) is 8. The molecule has 7 rings (SSSR count). The van der Waals surface area contributed by atoms with Crippen LogP contribution in [0.4, 0.5) is 0 Å². The number of nitrogens with one attached hydrogen (secondary N) is 5. The molecule has 0 radical (unpaired) electrons. The van der Waals surface area contributed by atoms with Crippen molar-refractivity contribution in [3.63, 3.8) is 0 Å². The highest BCUT2D eigenvalue weighted by atomic mass is 31.2. The van der Waals surface area contributed by atoms with Crippen LogP contribution in [0.1, 0.15) is 226 Å². The van der Waals surface area contributed by atoms with Crippen molar-refractivity contribution in [1.29, 1.82) is 0 Å². The number of carbonyl (C=O) groups is 11. The van der Waals surface area contributed by atoms with Gasteiger partial charge in [-0.3, -0.25) is 61.9 Å². The molecule has 50 heteroatoms. The lowest BCUT2D eigenvalue weighted by molar-refractivity contribution is -0.270. The molecule has 2 aromatic heterocycles. The SMILES string of the molecule is CC(=O)N[C@H]1C(O)[C@@H](O)C(CO)O[C@H]1OCCCCC(=O)CCCCCC(=O)CCOCC(COCCC(=O)CCCCCC(=O)CCCCO[C@@H]1OC(CO)[C@H](O)C(O)[C@@H]1NC(C)=O)(COCCC(=O)NCCCCC(=O)CCCCO[C@@H]1OC(CO)[C@H](O)C(O)[C@@H]1NC(C)=O)NC(=O)CC(=O)N1C[C@@H](O)C[C@@H]1COP(=O)([O-])O[C@H]1C[C@H](n2cnc3c(C)ncnc32)O[C@@H]1COP(=O)([O-])C(C)C. The smallest absolute Gasteiger partial charge is 0.268 e. The normalized spacial score (nSPS) is 26.9. The third-order valence-corrected chi connectivity index (χ3v) is 26.8. The second kappa shape index (κ2) is 60.7. The number of phosphoric acid groups is 1. The summed E-state index contributed by atoms with van der Waals surface area (Å²) in [5.74, 6) is -4.49. The summed E-state index contributed by atoms with van der Waals surface area (Å²) in [6.07, 6.45) is -12.8. The number of aromatic nitrogens is 4. The second-order valence-corrected chi connectivity index (χ2v) is 39.6. The minimum atomic E-state index is -5.45. The van der Waals surface area contributed by atoms with Crippen LogP contribution in [0.3, 0.4) is 0 Å². The third-order valence-electron chi connectivity index (χ3n) is 24.0. The van der Waals surface area contributed by atoms with Crippen molar-refractivity contribution < 1.29 is 184 Å². The van der Waals surface area contributed by atoms with Crippen molar-refractivity contribution in [2.24, 2.45) is 0 Å². The molecule has 5 saturated heterocycles. The molecule has 5 aliphatic heterocycles. The van der Waals surface area contributed by atoms with Crippen LogP contribution < -0.4 is 36.4 Å². The highest BCUT2D eigenvalue weighted by Crippen LogP contribution is 2.49. The molecule has 22 atom stereocenters. The van der Waals surface area contributed by atoms with Gasteiger partial charge in [0, 0.05) is 136 Å². The van der Waals surface area contributed by atoms with Crippen LogP contribution in [0.5, 0.6) is 0 Å². The Balaban J connectivity index is 0.966. The molecule has 786 valence electrons. The maximum absolute atomic E-state index is 14.6. The van der Waals surface area contributed by atoms with Crippen LogP contribution >= 0.6 is 15.4 Å². The van der Waals surface area contributed by atoms with Gasteiger partial charge in [-0.1, -0.05) is 26.7 Å². The molecule has 8 unspecified atom stereocenters. The van der Waals surface area contributed by atoms with Gasteiger partial charge in [0.05, 0.1) is 103 Å². The van der Waals surface area contributed by atoms with Gasteiger partial charge in [-0.25, -0.2) is 15.0 Å². The zero-order valence-corrected chi connectivity index (χ0v) is 81.2. The van der Waals surface area contributed by atoms with E-state index in [1.165, 1.54) is 51.8 Å². The molecule has 5 aliphatic rings. The van der Waals surface area contributed by atoms with Crippen molar-refractivity contribution in [3.8, 4) is 0 Å². The largest absolute Gasteiger partial charge is 0.778 e. The van der Waals surface area contributed by atoms with E-state index in [2.05, 4.69) is 41.5 Å². The van der Waals surface area contributed by atoms with Crippen molar-refractivity contribution in [3.05, 3.63) is 18.3 Å². The number of phosphoric ester groups is 1.